The van der Waals surface area contributed by atoms with E-state index < -0.39 is 0 Å². The molecule has 1 aliphatic heterocycles. The molecule has 176 valence electrons. The summed E-state index contributed by atoms with van der Waals surface area (Å²) in [5.74, 6) is 1.25. The van der Waals surface area contributed by atoms with Crippen molar-refractivity contribution < 1.29 is 19.0 Å². The highest BCUT2D eigenvalue weighted by Crippen LogP contribution is 2.34. The molecule has 1 aliphatic rings. The molecule has 3 heterocycles. The second kappa shape index (κ2) is 11.9. The van der Waals surface area contributed by atoms with Gasteiger partial charge in [0.05, 0.1) is 30.1 Å². The van der Waals surface area contributed by atoms with Crippen LogP contribution in [0, 0.1) is 0 Å². The molecule has 2 aromatic heterocycles. The number of hydrogen-bond acceptors (Lipinski definition) is 8. The Kier molecular flexibility index (Phi) is 8.69. The number of nitrogen functional groups attached to an aromatic ring is 1. The lowest BCUT2D eigenvalue weighted by atomic mass is 10.1. The van der Waals surface area contributed by atoms with Crippen LogP contribution < -0.4 is 10.5 Å². The fraction of sp³-hybridized carbons (Fsp3) is 0.417. The molecule has 2 N–H and O–H groups in total. The van der Waals surface area contributed by atoms with Gasteiger partial charge in [-0.25, -0.2) is 4.98 Å². The van der Waals surface area contributed by atoms with E-state index in [2.05, 4.69) is 25.8 Å². The molecule has 0 spiro atoms. The largest absolute Gasteiger partial charge is 0.489 e. The zero-order valence-corrected chi connectivity index (χ0v) is 20.8. The predicted molar refractivity (Wildman–Crippen MR) is 134 cm³/mol. The predicted octanol–water partition coefficient (Wildman–Crippen LogP) is 4.53. The molecule has 0 bridgehead atoms. The maximum atomic E-state index is 12.9. The topological polar surface area (TPSA) is 86.9 Å². The third-order valence-electron chi connectivity index (χ3n) is 5.56. The van der Waals surface area contributed by atoms with Gasteiger partial charge in [0.25, 0.3) is 0 Å². The highest BCUT2D eigenvalue weighted by molar-refractivity contribution is 9.10. The first-order valence-corrected chi connectivity index (χ1v) is 12.7. The molecule has 0 amide bonds. The first-order valence-electron chi connectivity index (χ1n) is 11.1. The summed E-state index contributed by atoms with van der Waals surface area (Å²) in [6.45, 7) is 6.01. The highest BCUT2D eigenvalue weighted by Gasteiger charge is 2.17. The molecule has 33 heavy (non-hydrogen) atoms. The first-order chi connectivity index (χ1) is 16.1. The van der Waals surface area contributed by atoms with Crippen LogP contribution >= 0.6 is 27.3 Å². The zero-order valence-electron chi connectivity index (χ0n) is 18.4. The Hall–Kier alpha value is -2.04. The molecule has 1 fully saturated rings. The van der Waals surface area contributed by atoms with Crippen LogP contribution in [0.5, 0.6) is 5.75 Å². The van der Waals surface area contributed by atoms with Crippen molar-refractivity contribution in [2.24, 2.45) is 0 Å². The number of aromatic nitrogens is 1. The summed E-state index contributed by atoms with van der Waals surface area (Å²) in [6.07, 6.45) is 2.69. The standard InChI is InChI=1S/C24H28BrN3O4S/c25-18-3-5-19(6-4-18)32-15-17-16-33-23-20(14-27-24(26)22(17)23)21(29)2-1-10-30-11-7-28-8-12-31-13-9-28/h3-6,14,16H,1-2,7-13,15H2,(H2,26,27). The number of thiophene rings is 1. The number of nitrogens with zero attached hydrogens (tertiary/aromatic N) is 2. The van der Waals surface area contributed by atoms with Crippen molar-refractivity contribution in [1.82, 2.24) is 9.88 Å². The third-order valence-corrected chi connectivity index (χ3v) is 7.15. The number of nitrogens with two attached hydrogens (primary N) is 1. The first kappa shape index (κ1) is 24.1. The van der Waals surface area contributed by atoms with Gasteiger partial charge in [0.15, 0.2) is 5.78 Å². The zero-order chi connectivity index (χ0) is 23.0. The maximum absolute atomic E-state index is 12.9. The number of hydrogen-bond donors (Lipinski definition) is 1. The molecule has 0 unspecified atom stereocenters. The Morgan fingerprint density at radius 1 is 1.21 bits per heavy atom. The smallest absolute Gasteiger partial charge is 0.165 e. The molecular formula is C24H28BrN3O4S. The van der Waals surface area contributed by atoms with E-state index in [9.17, 15) is 4.79 Å². The minimum atomic E-state index is 0.0616. The van der Waals surface area contributed by atoms with E-state index in [4.69, 9.17) is 19.9 Å². The summed E-state index contributed by atoms with van der Waals surface area (Å²) in [5.41, 5.74) is 7.72. The second-order valence-electron chi connectivity index (χ2n) is 7.86. The van der Waals surface area contributed by atoms with Crippen molar-refractivity contribution in [3.63, 3.8) is 0 Å². The number of ether oxygens (including phenoxy) is 3. The quantitative estimate of drug-likeness (QED) is 0.286. The maximum Gasteiger partial charge on any atom is 0.165 e. The van der Waals surface area contributed by atoms with Crippen molar-refractivity contribution in [1.29, 1.82) is 0 Å². The normalized spacial score (nSPS) is 14.6. The number of benzene rings is 1. The molecule has 4 rings (SSSR count). The number of morpholine rings is 1. The van der Waals surface area contributed by atoms with Crippen LogP contribution in [0.2, 0.25) is 0 Å². The lowest BCUT2D eigenvalue weighted by Gasteiger charge is -2.26. The second-order valence-corrected chi connectivity index (χ2v) is 9.65. The lowest BCUT2D eigenvalue weighted by molar-refractivity contribution is 0.0200. The number of anilines is 1. The monoisotopic (exact) mass is 533 g/mol. The summed E-state index contributed by atoms with van der Waals surface area (Å²) < 4.78 is 18.8. The van der Waals surface area contributed by atoms with E-state index in [0.717, 1.165) is 58.7 Å². The fourth-order valence-electron chi connectivity index (χ4n) is 3.72. The van der Waals surface area contributed by atoms with Gasteiger partial charge in [0, 0.05) is 54.3 Å². The van der Waals surface area contributed by atoms with Crippen molar-refractivity contribution in [3.05, 3.63) is 51.4 Å². The van der Waals surface area contributed by atoms with E-state index in [1.807, 2.05) is 29.6 Å². The average molecular weight is 534 g/mol. The van der Waals surface area contributed by atoms with Gasteiger partial charge in [0.1, 0.15) is 18.2 Å². The fourth-order valence-corrected chi connectivity index (χ4v) is 5.07. The van der Waals surface area contributed by atoms with E-state index in [1.54, 1.807) is 6.20 Å². The lowest BCUT2D eigenvalue weighted by Crippen LogP contribution is -2.38. The minimum absolute atomic E-state index is 0.0616. The van der Waals surface area contributed by atoms with Gasteiger partial charge in [-0.1, -0.05) is 15.9 Å². The van der Waals surface area contributed by atoms with E-state index in [0.29, 0.717) is 44.0 Å². The van der Waals surface area contributed by atoms with Crippen LogP contribution in [0.3, 0.4) is 0 Å². The Bertz CT molecular complexity index is 1070. The van der Waals surface area contributed by atoms with E-state index in [-0.39, 0.29) is 5.78 Å². The van der Waals surface area contributed by atoms with Gasteiger partial charge in [-0.15, -0.1) is 11.3 Å². The van der Waals surface area contributed by atoms with Crippen molar-refractivity contribution in [2.75, 3.05) is 51.8 Å². The summed E-state index contributed by atoms with van der Waals surface area (Å²) >= 11 is 4.93. The minimum Gasteiger partial charge on any atom is -0.489 e. The molecule has 1 saturated heterocycles. The third kappa shape index (κ3) is 6.51. The number of Topliss-reactive ketones (excluding diaryl/α,β-unsaturated/α-hetero) is 1. The van der Waals surface area contributed by atoms with Crippen LogP contribution in [0.25, 0.3) is 10.1 Å². The van der Waals surface area contributed by atoms with Gasteiger partial charge < -0.3 is 19.9 Å². The Labute approximate surface area is 206 Å². The number of halogens is 1. The van der Waals surface area contributed by atoms with Crippen LogP contribution in [0.1, 0.15) is 28.8 Å². The SMILES string of the molecule is Nc1ncc(C(=O)CCCOCCN2CCOCC2)c2scc(COc3ccc(Br)cc3)c12. The number of ketones is 1. The highest BCUT2D eigenvalue weighted by atomic mass is 79.9. The number of carbonyl (C=O) groups is 1. The number of carbonyl (C=O) groups excluding carboxylic acids is 1. The molecule has 0 atom stereocenters. The molecule has 0 radical (unpaired) electrons. The molecule has 0 saturated carbocycles. The van der Waals surface area contributed by atoms with Crippen LogP contribution in [0.4, 0.5) is 5.82 Å². The van der Waals surface area contributed by atoms with Gasteiger partial charge in [-0.2, -0.15) is 0 Å². The molecule has 3 aromatic rings. The number of fused-ring (bicyclic) bond motifs is 1. The van der Waals surface area contributed by atoms with Crippen LogP contribution in [-0.4, -0.2) is 61.7 Å². The molecule has 0 aliphatic carbocycles. The molecular weight excluding hydrogens is 506 g/mol. The van der Waals surface area contributed by atoms with Crippen LogP contribution in [0.15, 0.2) is 40.3 Å². The Morgan fingerprint density at radius 2 is 2.00 bits per heavy atom. The molecule has 7 nitrogen and oxygen atoms in total. The molecule has 1 aromatic carbocycles. The van der Waals surface area contributed by atoms with E-state index in [1.165, 1.54) is 11.3 Å². The number of rotatable bonds is 11. The van der Waals surface area contributed by atoms with Crippen molar-refractivity contribution in [3.8, 4) is 5.75 Å². The van der Waals surface area contributed by atoms with Gasteiger partial charge >= 0.3 is 0 Å². The van der Waals surface area contributed by atoms with Crippen molar-refractivity contribution in [2.45, 2.75) is 19.4 Å². The molecule has 9 heteroatoms. The summed E-state index contributed by atoms with van der Waals surface area (Å²) in [6, 6.07) is 7.66. The average Bonchev–Trinajstić information content (AvgIpc) is 3.26. The van der Waals surface area contributed by atoms with Crippen molar-refractivity contribution >= 4 is 49.0 Å². The van der Waals surface area contributed by atoms with Crippen LogP contribution in [-0.2, 0) is 16.1 Å². The van der Waals surface area contributed by atoms with Gasteiger partial charge in [-0.3, -0.25) is 9.69 Å². The Balaban J connectivity index is 1.30. The summed E-state index contributed by atoms with van der Waals surface area (Å²) in [5, 5.41) is 2.80. The van der Waals surface area contributed by atoms with Gasteiger partial charge in [-0.05, 0) is 36.1 Å². The Morgan fingerprint density at radius 3 is 2.79 bits per heavy atom. The number of pyridine rings is 1. The van der Waals surface area contributed by atoms with E-state index >= 15 is 0 Å². The van der Waals surface area contributed by atoms with Gasteiger partial charge in [0.2, 0.25) is 0 Å². The summed E-state index contributed by atoms with van der Waals surface area (Å²) in [4.78, 5) is 19.5. The summed E-state index contributed by atoms with van der Waals surface area (Å²) in [7, 11) is 0.